The van der Waals surface area contributed by atoms with Gasteiger partial charge in [-0.2, -0.15) is 8.42 Å². The largest absolute Gasteiger partial charge is 0.431 e. The van der Waals surface area contributed by atoms with E-state index >= 15 is 0 Å². The number of carbonyl (C=O) groups excluding carboxylic acids is 1. The smallest absolute Gasteiger partial charge is 0.403 e. The predicted octanol–water partition coefficient (Wildman–Crippen LogP) is 1.49. The van der Waals surface area contributed by atoms with Gasteiger partial charge < -0.3 is 10.5 Å². The second kappa shape index (κ2) is 10.8. The molecule has 0 aromatic rings. The molecule has 0 saturated heterocycles. The number of nitrogens with two attached hydrogens (primary N) is 1. The SMILES string of the molecule is C=C(C)C(=O)OC(C)OS(=O)(=O)OC(CC)CC.CN. The Morgan fingerprint density at radius 3 is 2.00 bits per heavy atom. The molecule has 1 atom stereocenters. The van der Waals surface area contributed by atoms with Crippen molar-refractivity contribution in [2.75, 3.05) is 7.05 Å². The molecule has 2 N–H and O–H groups in total. The van der Waals surface area contributed by atoms with Crippen molar-refractivity contribution in [3.8, 4) is 0 Å². The number of hydrogen-bond acceptors (Lipinski definition) is 7. The average Bonchev–Trinajstić information content (AvgIpc) is 2.37. The molecule has 0 aliphatic carbocycles. The van der Waals surface area contributed by atoms with E-state index in [0.29, 0.717) is 12.8 Å². The van der Waals surface area contributed by atoms with Gasteiger partial charge in [-0.1, -0.05) is 20.4 Å². The summed E-state index contributed by atoms with van der Waals surface area (Å²) < 4.78 is 36.9. The molecule has 120 valence electrons. The van der Waals surface area contributed by atoms with Crippen molar-refractivity contribution >= 4 is 16.4 Å². The fraction of sp³-hybridized carbons (Fsp3) is 0.750. The minimum atomic E-state index is -4.18. The molecule has 7 nitrogen and oxygen atoms in total. The van der Waals surface area contributed by atoms with E-state index in [1.165, 1.54) is 20.9 Å². The van der Waals surface area contributed by atoms with Gasteiger partial charge in [-0.15, -0.1) is 0 Å². The Bertz CT molecular complexity index is 389. The van der Waals surface area contributed by atoms with Crippen LogP contribution in [0.5, 0.6) is 0 Å². The van der Waals surface area contributed by atoms with Crippen molar-refractivity contribution < 1.29 is 26.3 Å². The quantitative estimate of drug-likeness (QED) is 0.411. The summed E-state index contributed by atoms with van der Waals surface area (Å²) in [5.41, 5.74) is 4.66. The monoisotopic (exact) mass is 311 g/mol. The van der Waals surface area contributed by atoms with Gasteiger partial charge in [0.25, 0.3) is 0 Å². The van der Waals surface area contributed by atoms with Gasteiger partial charge >= 0.3 is 16.4 Å². The highest BCUT2D eigenvalue weighted by Crippen LogP contribution is 2.12. The summed E-state index contributed by atoms with van der Waals surface area (Å²) in [6.45, 7) is 9.70. The van der Waals surface area contributed by atoms with Crippen LogP contribution in [0.3, 0.4) is 0 Å². The highest BCUT2D eigenvalue weighted by Gasteiger charge is 2.23. The summed E-state index contributed by atoms with van der Waals surface area (Å²) in [5.74, 6) is -0.722. The predicted molar refractivity (Wildman–Crippen MR) is 75.9 cm³/mol. The van der Waals surface area contributed by atoms with Gasteiger partial charge in [0.15, 0.2) is 0 Å². The molecule has 0 aliphatic heterocycles. The van der Waals surface area contributed by atoms with Crippen molar-refractivity contribution in [2.45, 2.75) is 52.9 Å². The lowest BCUT2D eigenvalue weighted by Crippen LogP contribution is -2.26. The molecule has 8 heteroatoms. The van der Waals surface area contributed by atoms with Crippen LogP contribution in [-0.4, -0.2) is 33.8 Å². The number of esters is 1. The first-order valence-corrected chi connectivity index (χ1v) is 7.60. The van der Waals surface area contributed by atoms with Crippen LogP contribution in [0, 0.1) is 0 Å². The van der Waals surface area contributed by atoms with Crippen molar-refractivity contribution in [1.82, 2.24) is 0 Å². The summed E-state index contributed by atoms with van der Waals surface area (Å²) >= 11 is 0. The first-order valence-electron chi connectivity index (χ1n) is 6.27. The Kier molecular flexibility index (Phi) is 11.5. The molecule has 0 amide bonds. The molecular formula is C12H25NO6S. The summed E-state index contributed by atoms with van der Waals surface area (Å²) in [4.78, 5) is 11.1. The molecule has 0 heterocycles. The summed E-state index contributed by atoms with van der Waals surface area (Å²) in [6, 6.07) is 0. The molecule has 0 saturated carbocycles. The van der Waals surface area contributed by atoms with Crippen LogP contribution in [-0.2, 0) is 28.3 Å². The lowest BCUT2D eigenvalue weighted by Gasteiger charge is -2.16. The number of carbonyl (C=O) groups is 1. The van der Waals surface area contributed by atoms with Crippen molar-refractivity contribution in [2.24, 2.45) is 5.73 Å². The van der Waals surface area contributed by atoms with E-state index in [1.807, 2.05) is 0 Å². The van der Waals surface area contributed by atoms with E-state index in [1.54, 1.807) is 13.8 Å². The molecule has 0 aliphatic rings. The maximum Gasteiger partial charge on any atom is 0.403 e. The van der Waals surface area contributed by atoms with Crippen molar-refractivity contribution in [1.29, 1.82) is 0 Å². The Morgan fingerprint density at radius 1 is 1.20 bits per heavy atom. The van der Waals surface area contributed by atoms with Gasteiger partial charge in [-0.3, -0.25) is 0 Å². The molecule has 20 heavy (non-hydrogen) atoms. The molecule has 1 unspecified atom stereocenters. The van der Waals surface area contributed by atoms with Gasteiger partial charge in [-0.25, -0.2) is 13.2 Å². The maximum atomic E-state index is 11.5. The fourth-order valence-electron chi connectivity index (χ4n) is 1.05. The summed E-state index contributed by atoms with van der Waals surface area (Å²) in [5, 5.41) is 0. The molecular weight excluding hydrogens is 286 g/mol. The van der Waals surface area contributed by atoms with E-state index < -0.39 is 28.8 Å². The van der Waals surface area contributed by atoms with Gasteiger partial charge in [0.2, 0.25) is 6.29 Å². The number of rotatable bonds is 8. The minimum absolute atomic E-state index is 0.156. The topological polar surface area (TPSA) is 105 Å². The first-order chi connectivity index (χ1) is 9.21. The Morgan fingerprint density at radius 2 is 1.65 bits per heavy atom. The Hall–Kier alpha value is -0.960. The molecule has 0 rings (SSSR count). The summed E-state index contributed by atoms with van der Waals surface area (Å²) in [7, 11) is -2.68. The van der Waals surface area contributed by atoms with Crippen molar-refractivity contribution in [3.05, 3.63) is 12.2 Å². The number of hydrogen-bond donors (Lipinski definition) is 1. The minimum Gasteiger partial charge on any atom is -0.431 e. The third-order valence-corrected chi connectivity index (χ3v) is 3.05. The Labute approximate surface area is 121 Å². The van der Waals surface area contributed by atoms with Gasteiger partial charge in [0, 0.05) is 5.57 Å². The second-order valence-corrected chi connectivity index (χ2v) is 4.99. The zero-order valence-corrected chi connectivity index (χ0v) is 13.5. The third kappa shape index (κ3) is 9.90. The van der Waals surface area contributed by atoms with E-state index in [9.17, 15) is 13.2 Å². The average molecular weight is 311 g/mol. The maximum absolute atomic E-state index is 11.5. The van der Waals surface area contributed by atoms with Crippen LogP contribution in [0.2, 0.25) is 0 Å². The summed E-state index contributed by atoms with van der Waals surface area (Å²) in [6.07, 6.45) is -0.620. The highest BCUT2D eigenvalue weighted by atomic mass is 32.3. The molecule has 0 fully saturated rings. The van der Waals surface area contributed by atoms with E-state index in [2.05, 4.69) is 21.2 Å². The molecule has 0 aromatic heterocycles. The highest BCUT2D eigenvalue weighted by molar-refractivity contribution is 7.81. The normalized spacial score (nSPS) is 12.3. The third-order valence-electron chi connectivity index (χ3n) is 2.04. The van der Waals surface area contributed by atoms with Gasteiger partial charge in [0.1, 0.15) is 0 Å². The van der Waals surface area contributed by atoms with Gasteiger partial charge in [0.05, 0.1) is 6.10 Å². The molecule has 0 spiro atoms. The Balaban J connectivity index is 0. The van der Waals surface area contributed by atoms with Crippen LogP contribution in [0.15, 0.2) is 12.2 Å². The molecule has 0 radical (unpaired) electrons. The molecule has 0 bridgehead atoms. The zero-order chi connectivity index (χ0) is 16.3. The van der Waals surface area contributed by atoms with Crippen LogP contribution >= 0.6 is 0 Å². The van der Waals surface area contributed by atoms with Crippen LogP contribution in [0.1, 0.15) is 40.5 Å². The second-order valence-electron chi connectivity index (χ2n) is 3.79. The van der Waals surface area contributed by atoms with E-state index in [-0.39, 0.29) is 5.57 Å². The number of ether oxygens (including phenoxy) is 1. The van der Waals surface area contributed by atoms with E-state index in [0.717, 1.165) is 0 Å². The van der Waals surface area contributed by atoms with Crippen molar-refractivity contribution in [3.63, 3.8) is 0 Å². The molecule has 0 aromatic carbocycles. The van der Waals surface area contributed by atoms with Crippen LogP contribution < -0.4 is 5.73 Å². The van der Waals surface area contributed by atoms with Gasteiger partial charge in [-0.05, 0) is 33.7 Å². The lowest BCUT2D eigenvalue weighted by atomic mass is 10.2. The van der Waals surface area contributed by atoms with Crippen LogP contribution in [0.4, 0.5) is 0 Å². The lowest BCUT2D eigenvalue weighted by molar-refractivity contribution is -0.156. The van der Waals surface area contributed by atoms with Crippen LogP contribution in [0.25, 0.3) is 0 Å². The fourth-order valence-corrected chi connectivity index (χ4v) is 2.07. The standard InChI is InChI=1S/C11H20O6S.CH5N/c1-6-10(7-2)17-18(13,14)16-9(5)15-11(12)8(3)4;1-2/h9-10H,3,6-7H2,1-2,4-5H3;2H2,1H3. The zero-order valence-electron chi connectivity index (χ0n) is 12.7. The van der Waals surface area contributed by atoms with E-state index in [4.69, 9.17) is 4.18 Å². The first kappa shape index (κ1) is 21.3.